The Labute approximate surface area is 222 Å². The summed E-state index contributed by atoms with van der Waals surface area (Å²) >= 11 is 6.17. The second kappa shape index (κ2) is 15.3. The number of hydrogen-bond acceptors (Lipinski definition) is 4. The standard InChI is InChI=1S/C29H42ClNO4S/c1-4-6-7-8-9-10-11-12-13-14-15-23-16-18-24(19-17-23)36(34,35)28(5-2)29(33)31-26-21-27(32)22(3)20-25(26)30/h16-21,28,32H,4-15H2,1-3H3,(H,31,33). The van der Waals surface area contributed by atoms with Gasteiger partial charge in [0.1, 0.15) is 11.0 Å². The lowest BCUT2D eigenvalue weighted by Gasteiger charge is -2.17. The van der Waals surface area contributed by atoms with E-state index in [1.165, 1.54) is 69.9 Å². The van der Waals surface area contributed by atoms with Gasteiger partial charge in [0.2, 0.25) is 5.91 Å². The van der Waals surface area contributed by atoms with Crippen molar-refractivity contribution in [3.05, 3.63) is 52.5 Å². The zero-order chi connectivity index (χ0) is 26.6. The Morgan fingerprint density at radius 2 is 1.47 bits per heavy atom. The number of aromatic hydroxyl groups is 1. The van der Waals surface area contributed by atoms with Gasteiger partial charge in [-0.2, -0.15) is 0 Å². The van der Waals surface area contributed by atoms with Gasteiger partial charge in [-0.1, -0.05) is 95.4 Å². The van der Waals surface area contributed by atoms with E-state index in [2.05, 4.69) is 12.2 Å². The summed E-state index contributed by atoms with van der Waals surface area (Å²) in [5, 5.41) is 11.5. The molecule has 7 heteroatoms. The molecule has 0 saturated carbocycles. The molecule has 0 spiro atoms. The largest absolute Gasteiger partial charge is 0.508 e. The second-order valence-electron chi connectivity index (χ2n) is 9.63. The summed E-state index contributed by atoms with van der Waals surface area (Å²) in [4.78, 5) is 13.0. The van der Waals surface area contributed by atoms with Crippen molar-refractivity contribution in [2.45, 2.75) is 108 Å². The molecule has 0 aliphatic heterocycles. The molecule has 1 unspecified atom stereocenters. The SMILES string of the molecule is CCCCCCCCCCCCc1ccc(S(=O)(=O)C(CC)C(=O)Nc2cc(O)c(C)cc2Cl)cc1. The first-order valence-electron chi connectivity index (χ1n) is 13.3. The average molecular weight is 536 g/mol. The average Bonchev–Trinajstić information content (AvgIpc) is 2.84. The fourth-order valence-corrected chi connectivity index (χ4v) is 6.23. The van der Waals surface area contributed by atoms with Crippen LogP contribution in [0.1, 0.15) is 95.6 Å². The Morgan fingerprint density at radius 1 is 0.917 bits per heavy atom. The van der Waals surface area contributed by atoms with E-state index in [9.17, 15) is 18.3 Å². The highest BCUT2D eigenvalue weighted by Gasteiger charge is 2.33. The van der Waals surface area contributed by atoms with E-state index < -0.39 is 21.0 Å². The number of anilines is 1. The number of carbonyl (C=O) groups is 1. The highest BCUT2D eigenvalue weighted by molar-refractivity contribution is 7.92. The lowest BCUT2D eigenvalue weighted by molar-refractivity contribution is -0.115. The molecule has 2 N–H and O–H groups in total. The summed E-state index contributed by atoms with van der Waals surface area (Å²) in [7, 11) is -3.88. The summed E-state index contributed by atoms with van der Waals surface area (Å²) in [6.45, 7) is 5.59. The van der Waals surface area contributed by atoms with Crippen LogP contribution in [0.4, 0.5) is 5.69 Å². The number of unbranched alkanes of at least 4 members (excludes halogenated alkanes) is 9. The predicted octanol–water partition coefficient (Wildman–Crippen LogP) is 8.01. The minimum absolute atomic E-state index is 0.0244. The Hall–Kier alpha value is -2.05. The van der Waals surface area contributed by atoms with Crippen molar-refractivity contribution in [1.29, 1.82) is 0 Å². The number of halogens is 1. The Morgan fingerprint density at radius 3 is 2.03 bits per heavy atom. The van der Waals surface area contributed by atoms with Gasteiger partial charge in [0.15, 0.2) is 9.84 Å². The van der Waals surface area contributed by atoms with Gasteiger partial charge in [0.25, 0.3) is 0 Å². The molecule has 200 valence electrons. The molecule has 1 amide bonds. The van der Waals surface area contributed by atoms with Crippen LogP contribution in [0.3, 0.4) is 0 Å². The summed E-state index contributed by atoms with van der Waals surface area (Å²) < 4.78 is 26.4. The molecule has 0 fully saturated rings. The monoisotopic (exact) mass is 535 g/mol. The zero-order valence-corrected chi connectivity index (χ0v) is 23.6. The molecule has 1 atom stereocenters. The molecular weight excluding hydrogens is 494 g/mol. The van der Waals surface area contributed by atoms with Crippen molar-refractivity contribution in [2.24, 2.45) is 0 Å². The van der Waals surface area contributed by atoms with Crippen LogP contribution in [-0.4, -0.2) is 24.7 Å². The third-order valence-corrected chi connectivity index (χ3v) is 9.19. The number of phenols is 1. The molecule has 0 aromatic heterocycles. The lowest BCUT2D eigenvalue weighted by atomic mass is 10.0. The van der Waals surface area contributed by atoms with Gasteiger partial charge in [0.05, 0.1) is 15.6 Å². The van der Waals surface area contributed by atoms with Crippen molar-refractivity contribution in [3.8, 4) is 5.75 Å². The maximum atomic E-state index is 13.2. The normalized spacial score (nSPS) is 12.4. The van der Waals surface area contributed by atoms with Gasteiger partial charge in [-0.15, -0.1) is 0 Å². The van der Waals surface area contributed by atoms with E-state index in [0.29, 0.717) is 5.56 Å². The molecule has 0 aliphatic rings. The molecule has 0 saturated heterocycles. The van der Waals surface area contributed by atoms with Gasteiger partial charge in [-0.3, -0.25) is 4.79 Å². The number of phenolic OH excluding ortho intramolecular Hbond substituents is 1. The number of carbonyl (C=O) groups excluding carboxylic acids is 1. The van der Waals surface area contributed by atoms with Crippen LogP contribution in [-0.2, 0) is 21.1 Å². The van der Waals surface area contributed by atoms with Crippen molar-refractivity contribution in [1.82, 2.24) is 0 Å². The van der Waals surface area contributed by atoms with Crippen LogP contribution >= 0.6 is 11.6 Å². The van der Waals surface area contributed by atoms with Crippen LogP contribution in [0.25, 0.3) is 0 Å². The third kappa shape index (κ3) is 9.11. The second-order valence-corrected chi connectivity index (χ2v) is 12.2. The number of nitrogens with one attached hydrogen (secondary N) is 1. The quantitative estimate of drug-likeness (QED) is 0.213. The molecule has 2 aromatic rings. The number of benzene rings is 2. The smallest absolute Gasteiger partial charge is 0.243 e. The van der Waals surface area contributed by atoms with E-state index in [-0.39, 0.29) is 27.8 Å². The van der Waals surface area contributed by atoms with Crippen molar-refractivity contribution >= 4 is 33.0 Å². The summed E-state index contributed by atoms with van der Waals surface area (Å²) in [5.41, 5.74) is 1.86. The minimum atomic E-state index is -3.88. The number of aryl methyl sites for hydroxylation is 2. The van der Waals surface area contributed by atoms with Gasteiger partial charge in [-0.25, -0.2) is 8.42 Å². The first-order chi connectivity index (χ1) is 17.2. The highest BCUT2D eigenvalue weighted by atomic mass is 35.5. The first-order valence-corrected chi connectivity index (χ1v) is 15.3. The lowest BCUT2D eigenvalue weighted by Crippen LogP contribution is -2.34. The summed E-state index contributed by atoms with van der Waals surface area (Å²) in [6, 6.07) is 9.75. The molecule has 36 heavy (non-hydrogen) atoms. The maximum Gasteiger partial charge on any atom is 0.243 e. The van der Waals surface area contributed by atoms with E-state index >= 15 is 0 Å². The van der Waals surface area contributed by atoms with Gasteiger partial charge >= 0.3 is 0 Å². The van der Waals surface area contributed by atoms with Gasteiger partial charge in [0, 0.05) is 6.07 Å². The third-order valence-electron chi connectivity index (χ3n) is 6.65. The minimum Gasteiger partial charge on any atom is -0.508 e. The maximum absolute atomic E-state index is 13.2. The van der Waals surface area contributed by atoms with Crippen LogP contribution in [0.2, 0.25) is 5.02 Å². The van der Waals surface area contributed by atoms with Gasteiger partial charge < -0.3 is 10.4 Å². The van der Waals surface area contributed by atoms with E-state index in [1.807, 2.05) is 12.1 Å². The molecular formula is C29H42ClNO4S. The Balaban J connectivity index is 1.87. The van der Waals surface area contributed by atoms with Crippen molar-refractivity contribution < 1.29 is 18.3 Å². The van der Waals surface area contributed by atoms with Crippen molar-refractivity contribution in [3.63, 3.8) is 0 Å². The van der Waals surface area contributed by atoms with E-state index in [0.717, 1.165) is 18.4 Å². The van der Waals surface area contributed by atoms with Crippen LogP contribution < -0.4 is 5.32 Å². The van der Waals surface area contributed by atoms with Gasteiger partial charge in [-0.05, 0) is 55.5 Å². The number of rotatable bonds is 16. The fraction of sp³-hybridized carbons (Fsp3) is 0.552. The summed E-state index contributed by atoms with van der Waals surface area (Å²) in [6.07, 6.45) is 13.9. The summed E-state index contributed by atoms with van der Waals surface area (Å²) in [5.74, 6) is -0.694. The number of amides is 1. The number of hydrogen-bond donors (Lipinski definition) is 2. The topological polar surface area (TPSA) is 83.5 Å². The molecule has 0 bridgehead atoms. The van der Waals surface area contributed by atoms with E-state index in [4.69, 9.17) is 11.6 Å². The number of sulfone groups is 1. The van der Waals surface area contributed by atoms with Crippen LogP contribution in [0, 0.1) is 6.92 Å². The molecule has 2 rings (SSSR count). The van der Waals surface area contributed by atoms with Crippen LogP contribution in [0.15, 0.2) is 41.3 Å². The predicted molar refractivity (Wildman–Crippen MR) is 150 cm³/mol. The molecule has 0 aliphatic carbocycles. The fourth-order valence-electron chi connectivity index (χ4n) is 4.34. The van der Waals surface area contributed by atoms with Crippen LogP contribution in [0.5, 0.6) is 5.75 Å². The molecule has 0 heterocycles. The molecule has 2 aromatic carbocycles. The zero-order valence-electron chi connectivity index (χ0n) is 22.0. The Kier molecular flexibility index (Phi) is 12.8. The van der Waals surface area contributed by atoms with E-state index in [1.54, 1.807) is 26.0 Å². The molecule has 5 nitrogen and oxygen atoms in total. The Bertz CT molecular complexity index is 1070. The van der Waals surface area contributed by atoms with Crippen molar-refractivity contribution in [2.75, 3.05) is 5.32 Å². The first kappa shape index (κ1) is 30.2. The molecule has 0 radical (unpaired) electrons. The highest BCUT2D eigenvalue weighted by Crippen LogP contribution is 2.30.